The lowest BCUT2D eigenvalue weighted by Crippen LogP contribution is -2.49. The van der Waals surface area contributed by atoms with Crippen molar-refractivity contribution in [3.05, 3.63) is 23.4 Å². The smallest absolute Gasteiger partial charge is 0.348 e. The van der Waals surface area contributed by atoms with Crippen LogP contribution in [0.5, 0.6) is 0 Å². The van der Waals surface area contributed by atoms with Crippen LogP contribution < -0.4 is 5.59 Å². The van der Waals surface area contributed by atoms with Gasteiger partial charge in [0.15, 0.2) is 0 Å². The number of rotatable bonds is 6. The summed E-state index contributed by atoms with van der Waals surface area (Å²) in [5.74, 6) is 0. The Balaban J connectivity index is 2.74. The predicted octanol–water partition coefficient (Wildman–Crippen LogP) is 1.38. The molecule has 0 aliphatic rings. The van der Waals surface area contributed by atoms with E-state index in [1.807, 2.05) is 6.07 Å². The van der Waals surface area contributed by atoms with Crippen LogP contribution in [0.3, 0.4) is 0 Å². The van der Waals surface area contributed by atoms with Crippen LogP contribution >= 0.6 is 0 Å². The third kappa shape index (κ3) is 4.09. The van der Waals surface area contributed by atoms with Gasteiger partial charge in [-0.05, 0) is 45.9 Å². The highest BCUT2D eigenvalue weighted by Gasteiger charge is 2.35. The Morgan fingerprint density at radius 3 is 2.60 bits per heavy atom. The number of nitrogens with one attached hydrogen (secondary N) is 2. The quantitative estimate of drug-likeness (QED) is 0.415. The number of aromatic nitrogens is 1. The molecule has 1 heterocycles. The van der Waals surface area contributed by atoms with Crippen molar-refractivity contribution in [1.82, 2.24) is 4.98 Å². The zero-order valence-electron chi connectivity index (χ0n) is 12.2. The molecule has 0 atom stereocenters. The van der Waals surface area contributed by atoms with Crippen molar-refractivity contribution in [2.45, 2.75) is 38.9 Å². The SMILES string of the molecule is CC(C)(O)C(C)(C)O[B]c1ccc(/C=C(/C#N)C=N)[nH]1. The van der Waals surface area contributed by atoms with Crippen molar-refractivity contribution < 1.29 is 9.76 Å². The fourth-order valence-corrected chi connectivity index (χ4v) is 1.21. The molecule has 0 fully saturated rings. The zero-order valence-corrected chi connectivity index (χ0v) is 12.2. The predicted molar refractivity (Wildman–Crippen MR) is 80.0 cm³/mol. The largest absolute Gasteiger partial charge is 0.425 e. The Bertz CT molecular complexity index is 548. The molecule has 1 rings (SSSR count). The fourth-order valence-electron chi connectivity index (χ4n) is 1.21. The van der Waals surface area contributed by atoms with Gasteiger partial charge < -0.3 is 20.2 Å². The summed E-state index contributed by atoms with van der Waals surface area (Å²) in [5.41, 5.74) is -0.0265. The Morgan fingerprint density at radius 1 is 1.45 bits per heavy atom. The van der Waals surface area contributed by atoms with E-state index in [2.05, 4.69) is 4.98 Å². The summed E-state index contributed by atoms with van der Waals surface area (Å²) < 4.78 is 5.61. The van der Waals surface area contributed by atoms with Crippen LogP contribution in [0.2, 0.25) is 0 Å². The summed E-state index contributed by atoms with van der Waals surface area (Å²) >= 11 is 0. The first kappa shape index (κ1) is 16.2. The number of H-pyrrole nitrogens is 1. The number of nitrogens with zero attached hydrogens (tertiary/aromatic N) is 1. The van der Waals surface area contributed by atoms with Gasteiger partial charge in [-0.1, -0.05) is 0 Å². The van der Waals surface area contributed by atoms with Gasteiger partial charge in [-0.25, -0.2) is 0 Å². The normalized spacial score (nSPS) is 12.9. The van der Waals surface area contributed by atoms with Gasteiger partial charge >= 0.3 is 7.48 Å². The number of aliphatic hydroxyl groups is 1. The zero-order chi connectivity index (χ0) is 15.4. The second kappa shape index (κ2) is 6.08. The van der Waals surface area contributed by atoms with E-state index in [4.69, 9.17) is 15.3 Å². The van der Waals surface area contributed by atoms with Crippen molar-refractivity contribution in [3.63, 3.8) is 0 Å². The second-order valence-electron chi connectivity index (χ2n) is 5.53. The first-order chi connectivity index (χ1) is 9.19. The van der Waals surface area contributed by atoms with Gasteiger partial charge in [-0.2, -0.15) is 5.26 Å². The molecule has 3 N–H and O–H groups in total. The first-order valence-corrected chi connectivity index (χ1v) is 6.24. The van der Waals surface area contributed by atoms with Crippen molar-refractivity contribution >= 4 is 25.4 Å². The van der Waals surface area contributed by atoms with Crippen molar-refractivity contribution in [2.75, 3.05) is 0 Å². The van der Waals surface area contributed by atoms with Gasteiger partial charge in [0.1, 0.15) is 6.07 Å². The van der Waals surface area contributed by atoms with Crippen LogP contribution in [0.1, 0.15) is 33.4 Å². The molecule has 0 amide bonds. The van der Waals surface area contributed by atoms with Gasteiger partial charge in [0, 0.05) is 17.5 Å². The van der Waals surface area contributed by atoms with E-state index in [-0.39, 0.29) is 5.57 Å². The van der Waals surface area contributed by atoms with Gasteiger partial charge in [0.25, 0.3) is 0 Å². The lowest BCUT2D eigenvalue weighted by atomic mass is 9.85. The van der Waals surface area contributed by atoms with Crippen molar-refractivity contribution in [2.24, 2.45) is 0 Å². The van der Waals surface area contributed by atoms with Crippen molar-refractivity contribution in [1.29, 1.82) is 10.7 Å². The van der Waals surface area contributed by atoms with Gasteiger partial charge in [-0.3, -0.25) is 0 Å². The maximum absolute atomic E-state index is 9.99. The van der Waals surface area contributed by atoms with Crippen LogP contribution in [0.4, 0.5) is 0 Å². The highest BCUT2D eigenvalue weighted by atomic mass is 16.5. The number of hydrogen-bond acceptors (Lipinski definition) is 4. The third-order valence-electron chi connectivity index (χ3n) is 3.28. The molecule has 1 radical (unpaired) electrons. The van der Waals surface area contributed by atoms with E-state index < -0.39 is 11.2 Å². The fraction of sp³-hybridized carbons (Fsp3) is 0.429. The lowest BCUT2D eigenvalue weighted by Gasteiger charge is -2.37. The molecule has 1 aromatic heterocycles. The minimum Gasteiger partial charge on any atom is -0.425 e. The van der Waals surface area contributed by atoms with Crippen LogP contribution in [0.25, 0.3) is 6.08 Å². The molecule has 0 aliphatic heterocycles. The minimum absolute atomic E-state index is 0.260. The minimum atomic E-state index is -0.979. The number of nitriles is 1. The number of aromatic amines is 1. The van der Waals surface area contributed by atoms with Crippen molar-refractivity contribution in [3.8, 4) is 6.07 Å². The van der Waals surface area contributed by atoms with E-state index >= 15 is 0 Å². The van der Waals surface area contributed by atoms with Gasteiger partial charge in [-0.15, -0.1) is 0 Å². The van der Waals surface area contributed by atoms with E-state index in [0.29, 0.717) is 5.69 Å². The molecule has 0 aliphatic carbocycles. The van der Waals surface area contributed by atoms with E-state index in [1.165, 1.54) is 7.48 Å². The Morgan fingerprint density at radius 2 is 2.10 bits per heavy atom. The van der Waals surface area contributed by atoms with E-state index in [0.717, 1.165) is 11.8 Å². The van der Waals surface area contributed by atoms with Gasteiger partial charge in [0.2, 0.25) is 0 Å². The molecule has 0 saturated carbocycles. The average molecular weight is 272 g/mol. The van der Waals surface area contributed by atoms with Crippen LogP contribution in [-0.2, 0) is 4.65 Å². The molecule has 6 heteroatoms. The lowest BCUT2D eigenvalue weighted by molar-refractivity contribution is -0.0893. The molecule has 105 valence electrons. The van der Waals surface area contributed by atoms with Gasteiger partial charge in [0.05, 0.1) is 16.8 Å². The molecule has 0 saturated heterocycles. The maximum atomic E-state index is 9.99. The average Bonchev–Trinajstić information content (AvgIpc) is 2.80. The van der Waals surface area contributed by atoms with Crippen LogP contribution in [0, 0.1) is 16.7 Å². The van der Waals surface area contributed by atoms with Crippen LogP contribution in [0.15, 0.2) is 17.7 Å². The van der Waals surface area contributed by atoms with E-state index in [9.17, 15) is 5.11 Å². The highest BCUT2D eigenvalue weighted by Crippen LogP contribution is 2.24. The summed E-state index contributed by atoms with van der Waals surface area (Å²) in [6, 6.07) is 5.49. The molecular weight excluding hydrogens is 253 g/mol. The highest BCUT2D eigenvalue weighted by molar-refractivity contribution is 6.45. The Kier molecular flexibility index (Phi) is 4.93. The molecule has 0 spiro atoms. The Hall–Kier alpha value is -1.84. The molecule has 0 unspecified atom stereocenters. The summed E-state index contributed by atoms with van der Waals surface area (Å²) in [6.45, 7) is 6.98. The number of allylic oxidation sites excluding steroid dienone is 1. The Labute approximate surface area is 120 Å². The summed E-state index contributed by atoms with van der Waals surface area (Å²) in [7, 11) is 1.53. The van der Waals surface area contributed by atoms with Crippen LogP contribution in [-0.4, -0.2) is 35.0 Å². The van der Waals surface area contributed by atoms with E-state index in [1.54, 1.807) is 45.9 Å². The molecule has 5 nitrogen and oxygen atoms in total. The standard InChI is InChI=1S/C14H19BN3O2/c1-13(2,19)14(3,4)20-15-12-6-5-11(18-12)7-10(8-16)9-17/h5-8,16,18-19H,1-4H3/b10-7+,16-8?. The second-order valence-corrected chi connectivity index (χ2v) is 5.53. The third-order valence-corrected chi connectivity index (χ3v) is 3.28. The summed E-state index contributed by atoms with van der Waals surface area (Å²) in [6.07, 6.45) is 2.57. The molecular formula is C14H19BN3O2. The summed E-state index contributed by atoms with van der Waals surface area (Å²) in [4.78, 5) is 3.04. The molecule has 0 aromatic carbocycles. The monoisotopic (exact) mass is 272 g/mol. The molecule has 0 bridgehead atoms. The number of hydrogen-bond donors (Lipinski definition) is 3. The maximum Gasteiger partial charge on any atom is 0.348 e. The topological polar surface area (TPSA) is 92.9 Å². The molecule has 20 heavy (non-hydrogen) atoms. The molecule has 1 aromatic rings. The summed E-state index contributed by atoms with van der Waals surface area (Å²) in [5, 5.41) is 25.8. The first-order valence-electron chi connectivity index (χ1n) is 6.24.